The highest BCUT2D eigenvalue weighted by atomic mass is 79.9. The van der Waals surface area contributed by atoms with E-state index in [2.05, 4.69) is 40.0 Å². The highest BCUT2D eigenvalue weighted by Crippen LogP contribution is 2.30. The topological polar surface area (TPSA) is 65.1 Å². The van der Waals surface area contributed by atoms with Gasteiger partial charge in [0, 0.05) is 52.8 Å². The van der Waals surface area contributed by atoms with Crippen LogP contribution in [0.25, 0.3) is 0 Å². The van der Waals surface area contributed by atoms with Crippen LogP contribution in [0.4, 0.5) is 11.4 Å². The summed E-state index contributed by atoms with van der Waals surface area (Å²) in [4.78, 5) is 2.29. The quantitative estimate of drug-likeness (QED) is 0.579. The van der Waals surface area contributed by atoms with Gasteiger partial charge >= 0.3 is 0 Å². The number of piperazine rings is 1. The molecule has 4 N–H and O–H groups in total. The number of nitrogens with two attached hydrogens (primary N) is 1. The average Bonchev–Trinajstić information content (AvgIpc) is 2.26. The summed E-state index contributed by atoms with van der Waals surface area (Å²) in [5, 5.41) is 11.0. The smallest absolute Gasteiger partial charge is 0.0488 e. The van der Waals surface area contributed by atoms with Crippen LogP contribution in [-0.2, 0) is 0 Å². The summed E-state index contributed by atoms with van der Waals surface area (Å²) in [6.45, 7) is 7.15. The highest BCUT2D eigenvalue weighted by Gasteiger charge is 2.27. The summed E-state index contributed by atoms with van der Waals surface area (Å²) in [5.74, 6) is 0. The maximum absolute atomic E-state index is 7.55. The first kappa shape index (κ1) is 13.4. The molecular weight excluding hydrogens is 292 g/mol. The lowest BCUT2D eigenvalue weighted by atomic mass is 10.0. The van der Waals surface area contributed by atoms with Crippen molar-refractivity contribution in [1.82, 2.24) is 5.32 Å². The number of nitrogens with one attached hydrogen (secondary N) is 2. The van der Waals surface area contributed by atoms with Gasteiger partial charge in [-0.25, -0.2) is 0 Å². The van der Waals surface area contributed by atoms with E-state index < -0.39 is 0 Å². The summed E-state index contributed by atoms with van der Waals surface area (Å²) in [6, 6.07) is 3.88. The summed E-state index contributed by atoms with van der Waals surface area (Å²) in [6.07, 6.45) is 1.34. The first-order valence-electron chi connectivity index (χ1n) is 6.02. The standard InChI is InChI=1S/C13H19BrN4/c1-13(2)8-18(4-3-17-13)12-6-9(14)5-11(16)10(12)7-15/h5-7,15,17H,3-4,8,16H2,1-2H3. The van der Waals surface area contributed by atoms with Crippen LogP contribution in [0.2, 0.25) is 0 Å². The Hall–Kier alpha value is -1.07. The van der Waals surface area contributed by atoms with Crippen molar-refractivity contribution < 1.29 is 0 Å². The van der Waals surface area contributed by atoms with Gasteiger partial charge in [0.1, 0.15) is 0 Å². The molecule has 98 valence electrons. The number of nitrogens with zero attached hydrogens (tertiary/aromatic N) is 1. The van der Waals surface area contributed by atoms with E-state index in [1.807, 2.05) is 12.1 Å². The third-order valence-electron chi connectivity index (χ3n) is 3.21. The second-order valence-corrected chi connectivity index (χ2v) is 6.22. The fraction of sp³-hybridized carbons (Fsp3) is 0.462. The van der Waals surface area contributed by atoms with Gasteiger partial charge in [-0.05, 0) is 26.0 Å². The van der Waals surface area contributed by atoms with E-state index in [1.54, 1.807) is 0 Å². The van der Waals surface area contributed by atoms with Gasteiger partial charge in [0.05, 0.1) is 0 Å². The van der Waals surface area contributed by atoms with E-state index in [0.29, 0.717) is 5.69 Å². The monoisotopic (exact) mass is 310 g/mol. The average molecular weight is 311 g/mol. The normalized spacial score (nSPS) is 18.7. The zero-order valence-electron chi connectivity index (χ0n) is 10.8. The molecule has 0 atom stereocenters. The predicted octanol–water partition coefficient (Wildman–Crippen LogP) is 2.22. The Bertz CT molecular complexity index is 470. The molecule has 1 aromatic rings. The van der Waals surface area contributed by atoms with E-state index in [4.69, 9.17) is 11.1 Å². The van der Waals surface area contributed by atoms with Crippen molar-refractivity contribution in [3.63, 3.8) is 0 Å². The molecule has 0 saturated carbocycles. The van der Waals surface area contributed by atoms with Crippen LogP contribution >= 0.6 is 15.9 Å². The van der Waals surface area contributed by atoms with Crippen LogP contribution in [0.5, 0.6) is 0 Å². The molecule has 1 aliphatic heterocycles. The molecule has 0 bridgehead atoms. The third-order valence-corrected chi connectivity index (χ3v) is 3.67. The molecule has 0 aliphatic carbocycles. The molecule has 1 heterocycles. The Labute approximate surface area is 116 Å². The van der Waals surface area contributed by atoms with Crippen LogP contribution < -0.4 is 16.0 Å². The third kappa shape index (κ3) is 2.67. The number of hydrogen-bond acceptors (Lipinski definition) is 4. The van der Waals surface area contributed by atoms with E-state index in [1.165, 1.54) is 6.21 Å². The first-order chi connectivity index (χ1) is 8.43. The van der Waals surface area contributed by atoms with Gasteiger partial charge in [-0.1, -0.05) is 15.9 Å². The van der Waals surface area contributed by atoms with Gasteiger partial charge in [0.25, 0.3) is 0 Å². The van der Waals surface area contributed by atoms with E-state index in [9.17, 15) is 0 Å². The highest BCUT2D eigenvalue weighted by molar-refractivity contribution is 9.10. The van der Waals surface area contributed by atoms with Crippen molar-refractivity contribution in [2.45, 2.75) is 19.4 Å². The molecule has 0 spiro atoms. The van der Waals surface area contributed by atoms with Crippen molar-refractivity contribution in [3.8, 4) is 0 Å². The molecule has 2 rings (SSSR count). The Balaban J connectivity index is 2.40. The Morgan fingerprint density at radius 1 is 1.50 bits per heavy atom. The number of nitrogen functional groups attached to an aromatic ring is 1. The Morgan fingerprint density at radius 3 is 2.83 bits per heavy atom. The fourth-order valence-electron chi connectivity index (χ4n) is 2.39. The molecule has 5 heteroatoms. The molecule has 0 unspecified atom stereocenters. The van der Waals surface area contributed by atoms with E-state index in [0.717, 1.165) is 35.4 Å². The van der Waals surface area contributed by atoms with Crippen LogP contribution in [0.3, 0.4) is 0 Å². The maximum Gasteiger partial charge on any atom is 0.0488 e. The van der Waals surface area contributed by atoms with Crippen molar-refractivity contribution in [2.75, 3.05) is 30.3 Å². The number of halogens is 1. The molecule has 1 aromatic carbocycles. The molecule has 1 saturated heterocycles. The number of hydrogen-bond donors (Lipinski definition) is 3. The van der Waals surface area contributed by atoms with Gasteiger partial charge in [0.15, 0.2) is 0 Å². The van der Waals surface area contributed by atoms with Gasteiger partial charge in [-0.15, -0.1) is 0 Å². The van der Waals surface area contributed by atoms with Crippen molar-refractivity contribution >= 4 is 33.5 Å². The summed E-state index contributed by atoms with van der Waals surface area (Å²) < 4.78 is 0.955. The van der Waals surface area contributed by atoms with Gasteiger partial charge in [0.2, 0.25) is 0 Å². The minimum atomic E-state index is 0.0780. The molecule has 1 aliphatic rings. The van der Waals surface area contributed by atoms with Gasteiger partial charge in [-0.3, -0.25) is 0 Å². The van der Waals surface area contributed by atoms with E-state index in [-0.39, 0.29) is 5.54 Å². The zero-order valence-corrected chi connectivity index (χ0v) is 12.3. The fourth-order valence-corrected chi connectivity index (χ4v) is 2.85. The summed E-state index contributed by atoms with van der Waals surface area (Å²) in [7, 11) is 0. The molecule has 0 amide bonds. The molecule has 18 heavy (non-hydrogen) atoms. The number of rotatable bonds is 2. The Morgan fingerprint density at radius 2 is 2.22 bits per heavy atom. The molecule has 1 fully saturated rings. The molecule has 4 nitrogen and oxygen atoms in total. The van der Waals surface area contributed by atoms with Crippen LogP contribution in [0.1, 0.15) is 19.4 Å². The lowest BCUT2D eigenvalue weighted by molar-refractivity contribution is 0.353. The van der Waals surface area contributed by atoms with Gasteiger partial charge in [-0.2, -0.15) is 0 Å². The van der Waals surface area contributed by atoms with Crippen LogP contribution in [0, 0.1) is 5.41 Å². The van der Waals surface area contributed by atoms with E-state index >= 15 is 0 Å². The van der Waals surface area contributed by atoms with Crippen molar-refractivity contribution in [2.24, 2.45) is 0 Å². The largest absolute Gasteiger partial charge is 0.398 e. The molecule has 0 radical (unpaired) electrons. The van der Waals surface area contributed by atoms with Crippen molar-refractivity contribution in [1.29, 1.82) is 5.41 Å². The minimum absolute atomic E-state index is 0.0780. The van der Waals surface area contributed by atoms with Gasteiger partial charge < -0.3 is 21.4 Å². The molecular formula is C13H19BrN4. The minimum Gasteiger partial charge on any atom is -0.398 e. The maximum atomic E-state index is 7.55. The summed E-state index contributed by atoms with van der Waals surface area (Å²) in [5.41, 5.74) is 8.54. The lowest BCUT2D eigenvalue weighted by Crippen LogP contribution is -2.57. The zero-order chi connectivity index (χ0) is 13.3. The SMILES string of the molecule is CC1(C)CN(c2cc(Br)cc(N)c2C=N)CCN1. The number of anilines is 2. The van der Waals surface area contributed by atoms with Crippen LogP contribution in [-0.4, -0.2) is 31.4 Å². The number of benzene rings is 1. The van der Waals surface area contributed by atoms with Crippen LogP contribution in [0.15, 0.2) is 16.6 Å². The first-order valence-corrected chi connectivity index (χ1v) is 6.82. The molecule has 0 aromatic heterocycles. The van der Waals surface area contributed by atoms with Crippen molar-refractivity contribution in [3.05, 3.63) is 22.2 Å². The Kier molecular flexibility index (Phi) is 3.64. The second kappa shape index (κ2) is 4.90. The lowest BCUT2D eigenvalue weighted by Gasteiger charge is -2.41. The summed E-state index contributed by atoms with van der Waals surface area (Å²) >= 11 is 3.47. The second-order valence-electron chi connectivity index (χ2n) is 5.30. The predicted molar refractivity (Wildman–Crippen MR) is 80.7 cm³/mol.